The number of sulfone groups is 1. The maximum atomic E-state index is 12.2. The van der Waals surface area contributed by atoms with Crippen LogP contribution in [-0.4, -0.2) is 56.8 Å². The maximum absolute atomic E-state index is 12.2. The van der Waals surface area contributed by atoms with Gasteiger partial charge in [-0.15, -0.1) is 0 Å². The zero-order valence-corrected chi connectivity index (χ0v) is 17.1. The van der Waals surface area contributed by atoms with Crippen molar-refractivity contribution in [1.29, 1.82) is 0 Å². The van der Waals surface area contributed by atoms with E-state index in [1.165, 1.54) is 19.1 Å². The highest BCUT2D eigenvalue weighted by Gasteiger charge is 2.29. The second-order valence-electron chi connectivity index (χ2n) is 6.67. The number of nitrogens with zero attached hydrogens (tertiary/aromatic N) is 1. The molecule has 1 saturated carbocycles. The Labute approximate surface area is 164 Å². The van der Waals surface area contributed by atoms with Crippen LogP contribution in [0.5, 0.6) is 5.75 Å². The van der Waals surface area contributed by atoms with Gasteiger partial charge < -0.3 is 15.0 Å². The molecular weight excluding hydrogens is 392 g/mol. The van der Waals surface area contributed by atoms with E-state index >= 15 is 0 Å². The molecule has 0 spiro atoms. The molecule has 2 amide bonds. The Bertz CT molecular complexity index is 791. The van der Waals surface area contributed by atoms with Crippen molar-refractivity contribution in [3.05, 3.63) is 23.2 Å². The van der Waals surface area contributed by atoms with Gasteiger partial charge in [-0.05, 0) is 31.0 Å². The van der Waals surface area contributed by atoms with Crippen molar-refractivity contribution in [2.24, 2.45) is 0 Å². The molecule has 7 nitrogen and oxygen atoms in total. The second-order valence-corrected chi connectivity index (χ2v) is 9.50. The fraction of sp³-hybridized carbons (Fsp3) is 0.556. The maximum Gasteiger partial charge on any atom is 0.244 e. The lowest BCUT2D eigenvalue weighted by atomic mass is 10.3. The van der Waals surface area contributed by atoms with Crippen LogP contribution in [0.3, 0.4) is 0 Å². The number of carbonyl (C=O) groups is 2. The summed E-state index contributed by atoms with van der Waals surface area (Å²) >= 11 is 5.92. The molecule has 0 bridgehead atoms. The summed E-state index contributed by atoms with van der Waals surface area (Å²) in [6.07, 6.45) is 3.07. The number of nitrogens with one attached hydrogen (secondary N) is 1. The summed E-state index contributed by atoms with van der Waals surface area (Å²) in [7, 11) is -0.316. The summed E-state index contributed by atoms with van der Waals surface area (Å²) in [6.45, 7) is -0.196. The molecule has 0 aliphatic heterocycles. The first kappa shape index (κ1) is 21.5. The smallest absolute Gasteiger partial charge is 0.244 e. The van der Waals surface area contributed by atoms with Gasteiger partial charge in [-0.1, -0.05) is 24.4 Å². The third-order valence-electron chi connectivity index (χ3n) is 4.65. The van der Waals surface area contributed by atoms with Crippen molar-refractivity contribution in [3.63, 3.8) is 0 Å². The van der Waals surface area contributed by atoms with E-state index < -0.39 is 15.7 Å². The second kappa shape index (κ2) is 9.41. The summed E-state index contributed by atoms with van der Waals surface area (Å²) in [5.74, 6) is -0.538. The van der Waals surface area contributed by atoms with E-state index in [-0.39, 0.29) is 29.9 Å². The highest BCUT2D eigenvalue weighted by Crippen LogP contribution is 2.28. The molecule has 0 aromatic heterocycles. The number of rotatable bonds is 8. The van der Waals surface area contributed by atoms with Crippen LogP contribution in [0.25, 0.3) is 0 Å². The molecule has 0 saturated heterocycles. The molecule has 0 unspecified atom stereocenters. The van der Waals surface area contributed by atoms with Gasteiger partial charge in [0, 0.05) is 18.5 Å². The number of benzene rings is 1. The number of amides is 2. The summed E-state index contributed by atoms with van der Waals surface area (Å²) in [4.78, 5) is 25.6. The highest BCUT2D eigenvalue weighted by molar-refractivity contribution is 7.92. The van der Waals surface area contributed by atoms with E-state index in [4.69, 9.17) is 16.3 Å². The van der Waals surface area contributed by atoms with E-state index in [1.54, 1.807) is 18.2 Å². The van der Waals surface area contributed by atoms with Gasteiger partial charge in [0.25, 0.3) is 0 Å². The average molecular weight is 417 g/mol. The normalized spacial score (nSPS) is 14.8. The number of hydrogen-bond acceptors (Lipinski definition) is 5. The van der Waals surface area contributed by atoms with Gasteiger partial charge in [-0.3, -0.25) is 9.59 Å². The molecular formula is C18H25ClN2O5S. The van der Waals surface area contributed by atoms with Crippen LogP contribution < -0.4 is 10.1 Å². The van der Waals surface area contributed by atoms with Crippen molar-refractivity contribution in [2.75, 3.05) is 31.8 Å². The van der Waals surface area contributed by atoms with E-state index in [2.05, 4.69) is 5.32 Å². The first-order valence-electron chi connectivity index (χ1n) is 8.82. The predicted octanol–water partition coefficient (Wildman–Crippen LogP) is 2.49. The quantitative estimate of drug-likeness (QED) is 0.702. The molecule has 2 rings (SSSR count). The topological polar surface area (TPSA) is 92.8 Å². The van der Waals surface area contributed by atoms with Crippen molar-refractivity contribution in [1.82, 2.24) is 4.90 Å². The van der Waals surface area contributed by atoms with Crippen LogP contribution in [0, 0.1) is 0 Å². The molecule has 150 valence electrons. The van der Waals surface area contributed by atoms with Crippen LogP contribution in [0.1, 0.15) is 32.1 Å². The summed E-state index contributed by atoms with van der Waals surface area (Å²) in [5, 5.41) is 2.76. The predicted molar refractivity (Wildman–Crippen MR) is 105 cm³/mol. The van der Waals surface area contributed by atoms with E-state index in [9.17, 15) is 18.0 Å². The Morgan fingerprint density at radius 1 is 1.30 bits per heavy atom. The zero-order chi connectivity index (χ0) is 20.0. The molecule has 27 heavy (non-hydrogen) atoms. The Hall–Kier alpha value is -1.80. The van der Waals surface area contributed by atoms with Gasteiger partial charge in [-0.25, -0.2) is 8.42 Å². The lowest BCUT2D eigenvalue weighted by Crippen LogP contribution is -2.36. The minimum absolute atomic E-state index is 0.122. The standard InChI is InChI=1S/C18H25ClN2O5S/c1-21(18(23)9-10-27(24,25)14-5-3-4-6-14)12-17(22)20-15-11-13(19)7-8-16(15)26-2/h7-8,11,14H,3-6,9-10,12H2,1-2H3,(H,20,22). The van der Waals surface area contributed by atoms with Crippen molar-refractivity contribution in [2.45, 2.75) is 37.4 Å². The third kappa shape index (κ3) is 6.10. The molecule has 0 radical (unpaired) electrons. The Balaban J connectivity index is 1.86. The number of anilines is 1. The van der Waals surface area contributed by atoms with Crippen molar-refractivity contribution in [3.8, 4) is 5.75 Å². The number of ether oxygens (including phenoxy) is 1. The van der Waals surface area contributed by atoms with Crippen molar-refractivity contribution >= 4 is 38.9 Å². The van der Waals surface area contributed by atoms with Crippen LogP contribution in [-0.2, 0) is 19.4 Å². The first-order valence-corrected chi connectivity index (χ1v) is 10.9. The zero-order valence-electron chi connectivity index (χ0n) is 15.5. The van der Waals surface area contributed by atoms with Gasteiger partial charge in [0.15, 0.2) is 9.84 Å². The largest absolute Gasteiger partial charge is 0.495 e. The lowest BCUT2D eigenvalue weighted by molar-refractivity contribution is -0.132. The molecule has 1 fully saturated rings. The molecule has 1 aromatic carbocycles. The monoisotopic (exact) mass is 416 g/mol. The number of halogens is 1. The van der Waals surface area contributed by atoms with Crippen LogP contribution in [0.4, 0.5) is 5.69 Å². The SMILES string of the molecule is COc1ccc(Cl)cc1NC(=O)CN(C)C(=O)CCS(=O)(=O)C1CCCC1. The Morgan fingerprint density at radius 3 is 2.59 bits per heavy atom. The highest BCUT2D eigenvalue weighted by atomic mass is 35.5. The summed E-state index contributed by atoms with van der Waals surface area (Å²) in [5.41, 5.74) is 0.402. The molecule has 1 aliphatic carbocycles. The van der Waals surface area contributed by atoms with Gasteiger partial charge in [0.1, 0.15) is 5.75 Å². The van der Waals surface area contributed by atoms with Gasteiger partial charge in [0.05, 0.1) is 30.3 Å². The Morgan fingerprint density at radius 2 is 1.96 bits per heavy atom. The molecule has 1 N–H and O–H groups in total. The van der Waals surface area contributed by atoms with E-state index in [1.807, 2.05) is 0 Å². The van der Waals surface area contributed by atoms with Crippen LogP contribution in [0.2, 0.25) is 5.02 Å². The average Bonchev–Trinajstić information content (AvgIpc) is 3.15. The van der Waals surface area contributed by atoms with Gasteiger partial charge >= 0.3 is 0 Å². The molecule has 1 aliphatic rings. The number of hydrogen-bond donors (Lipinski definition) is 1. The molecule has 9 heteroatoms. The molecule has 0 atom stereocenters. The van der Waals surface area contributed by atoms with E-state index in [0.29, 0.717) is 29.3 Å². The van der Waals surface area contributed by atoms with Gasteiger partial charge in [-0.2, -0.15) is 0 Å². The molecule has 1 aromatic rings. The first-order chi connectivity index (χ1) is 12.7. The summed E-state index contributed by atoms with van der Waals surface area (Å²) in [6, 6.07) is 4.81. The minimum Gasteiger partial charge on any atom is -0.495 e. The van der Waals surface area contributed by atoms with Crippen LogP contribution >= 0.6 is 11.6 Å². The lowest BCUT2D eigenvalue weighted by Gasteiger charge is -2.18. The van der Waals surface area contributed by atoms with E-state index in [0.717, 1.165) is 12.8 Å². The summed E-state index contributed by atoms with van der Waals surface area (Å²) < 4.78 is 29.7. The number of likely N-dealkylation sites (N-methyl/N-ethyl adjacent to an activating group) is 1. The van der Waals surface area contributed by atoms with Gasteiger partial charge in [0.2, 0.25) is 11.8 Å². The minimum atomic E-state index is -3.26. The van der Waals surface area contributed by atoms with Crippen molar-refractivity contribution < 1.29 is 22.7 Å². The molecule has 0 heterocycles. The fourth-order valence-corrected chi connectivity index (χ4v) is 5.12. The number of methoxy groups -OCH3 is 1. The Kier molecular flexibility index (Phi) is 7.49. The third-order valence-corrected chi connectivity index (χ3v) is 7.15. The van der Waals surface area contributed by atoms with Crippen LogP contribution in [0.15, 0.2) is 18.2 Å². The number of carbonyl (C=O) groups excluding carboxylic acids is 2. The fourth-order valence-electron chi connectivity index (χ4n) is 3.11.